The summed E-state index contributed by atoms with van der Waals surface area (Å²) >= 11 is 1.51. The standard InChI is InChI=1S/C21H23N3O5S2/c1-14-8-15(2)11-24(10-14)31(26,27)18-5-3-4-16(9-18)21(25)28-12-19-22-20(29-23-19)17-6-7-30-13-17/h3-7,9,13-15H,8,10-12H2,1-2H3/t14-,15-/m0/s1. The summed E-state index contributed by atoms with van der Waals surface area (Å²) in [5, 5.41) is 7.58. The molecule has 2 aromatic heterocycles. The fourth-order valence-electron chi connectivity index (χ4n) is 3.76. The number of piperidine rings is 1. The van der Waals surface area contributed by atoms with Crippen LogP contribution < -0.4 is 0 Å². The molecule has 0 amide bonds. The summed E-state index contributed by atoms with van der Waals surface area (Å²) in [4.78, 5) is 16.8. The van der Waals surface area contributed by atoms with E-state index in [0.29, 0.717) is 30.8 Å². The minimum Gasteiger partial charge on any atom is -0.454 e. The molecule has 31 heavy (non-hydrogen) atoms. The van der Waals surface area contributed by atoms with Gasteiger partial charge in [0.15, 0.2) is 6.61 Å². The first-order valence-electron chi connectivity index (χ1n) is 9.95. The molecule has 0 aliphatic carbocycles. The summed E-state index contributed by atoms with van der Waals surface area (Å²) < 4.78 is 38.1. The molecule has 0 bridgehead atoms. The zero-order chi connectivity index (χ0) is 22.0. The van der Waals surface area contributed by atoms with Crippen molar-refractivity contribution in [2.75, 3.05) is 13.1 Å². The van der Waals surface area contributed by atoms with Crippen LogP contribution in [-0.4, -0.2) is 41.9 Å². The van der Waals surface area contributed by atoms with Crippen molar-refractivity contribution in [2.45, 2.75) is 31.8 Å². The van der Waals surface area contributed by atoms with E-state index in [9.17, 15) is 13.2 Å². The molecule has 4 rings (SSSR count). The number of aromatic nitrogens is 2. The first-order chi connectivity index (χ1) is 14.8. The van der Waals surface area contributed by atoms with Gasteiger partial charge in [0.25, 0.3) is 5.89 Å². The molecule has 3 aromatic rings. The number of hydrogen-bond acceptors (Lipinski definition) is 8. The summed E-state index contributed by atoms with van der Waals surface area (Å²) in [6.07, 6.45) is 1.00. The summed E-state index contributed by atoms with van der Waals surface area (Å²) in [6, 6.07) is 7.78. The van der Waals surface area contributed by atoms with Gasteiger partial charge in [-0.15, -0.1) is 0 Å². The lowest BCUT2D eigenvalue weighted by Gasteiger charge is -2.34. The van der Waals surface area contributed by atoms with Crippen molar-refractivity contribution >= 4 is 27.3 Å². The average molecular weight is 462 g/mol. The second kappa shape index (κ2) is 8.89. The Labute approximate surface area is 184 Å². The van der Waals surface area contributed by atoms with Gasteiger partial charge in [-0.2, -0.15) is 20.6 Å². The Morgan fingerprint density at radius 1 is 1.26 bits per heavy atom. The highest BCUT2D eigenvalue weighted by Crippen LogP contribution is 2.27. The molecule has 2 atom stereocenters. The molecular formula is C21H23N3O5S2. The topological polar surface area (TPSA) is 103 Å². The third-order valence-corrected chi connectivity index (χ3v) is 7.62. The highest BCUT2D eigenvalue weighted by atomic mass is 32.2. The van der Waals surface area contributed by atoms with Crippen LogP contribution in [0.25, 0.3) is 11.5 Å². The van der Waals surface area contributed by atoms with E-state index in [4.69, 9.17) is 9.26 Å². The van der Waals surface area contributed by atoms with Crippen LogP contribution in [0, 0.1) is 11.8 Å². The maximum absolute atomic E-state index is 13.1. The van der Waals surface area contributed by atoms with Crippen LogP contribution in [-0.2, 0) is 21.4 Å². The number of sulfonamides is 1. The second-order valence-electron chi connectivity index (χ2n) is 7.90. The normalized spacial score (nSPS) is 19.9. The van der Waals surface area contributed by atoms with Crippen molar-refractivity contribution in [2.24, 2.45) is 11.8 Å². The molecule has 8 nitrogen and oxygen atoms in total. The Morgan fingerprint density at radius 3 is 2.74 bits per heavy atom. The molecule has 0 spiro atoms. The van der Waals surface area contributed by atoms with Crippen LogP contribution in [0.3, 0.4) is 0 Å². The number of esters is 1. The lowest BCUT2D eigenvalue weighted by atomic mass is 9.94. The molecule has 1 saturated heterocycles. The molecule has 0 saturated carbocycles. The monoisotopic (exact) mass is 461 g/mol. The average Bonchev–Trinajstić information content (AvgIpc) is 3.43. The lowest BCUT2D eigenvalue weighted by Crippen LogP contribution is -2.42. The van der Waals surface area contributed by atoms with Crippen molar-refractivity contribution < 1.29 is 22.5 Å². The second-order valence-corrected chi connectivity index (χ2v) is 10.6. The predicted molar refractivity (Wildman–Crippen MR) is 115 cm³/mol. The van der Waals surface area contributed by atoms with E-state index in [1.165, 1.54) is 33.8 Å². The molecule has 0 radical (unpaired) electrons. The van der Waals surface area contributed by atoms with Gasteiger partial charge in [-0.1, -0.05) is 25.1 Å². The van der Waals surface area contributed by atoms with Crippen molar-refractivity contribution in [3.05, 3.63) is 52.5 Å². The van der Waals surface area contributed by atoms with E-state index < -0.39 is 16.0 Å². The van der Waals surface area contributed by atoms with Crippen LogP contribution in [0.4, 0.5) is 0 Å². The summed E-state index contributed by atoms with van der Waals surface area (Å²) in [5.74, 6) is 0.514. The Morgan fingerprint density at radius 2 is 2.03 bits per heavy atom. The van der Waals surface area contributed by atoms with Crippen LogP contribution in [0.2, 0.25) is 0 Å². The number of nitrogens with zero attached hydrogens (tertiary/aromatic N) is 3. The van der Waals surface area contributed by atoms with E-state index >= 15 is 0 Å². The molecule has 3 heterocycles. The largest absolute Gasteiger partial charge is 0.454 e. The quantitative estimate of drug-likeness (QED) is 0.514. The number of hydrogen-bond donors (Lipinski definition) is 0. The van der Waals surface area contributed by atoms with Gasteiger partial charge in [-0.05, 0) is 47.9 Å². The van der Waals surface area contributed by atoms with E-state index in [-0.39, 0.29) is 22.9 Å². The molecule has 10 heteroatoms. The van der Waals surface area contributed by atoms with Gasteiger partial charge in [0.05, 0.1) is 16.0 Å². The van der Waals surface area contributed by atoms with Crippen molar-refractivity contribution in [1.29, 1.82) is 0 Å². The van der Waals surface area contributed by atoms with Crippen molar-refractivity contribution in [1.82, 2.24) is 14.4 Å². The van der Waals surface area contributed by atoms with Crippen LogP contribution in [0.5, 0.6) is 0 Å². The smallest absolute Gasteiger partial charge is 0.338 e. The van der Waals surface area contributed by atoms with Gasteiger partial charge < -0.3 is 9.26 Å². The number of rotatable bonds is 6. The first kappa shape index (κ1) is 21.7. The van der Waals surface area contributed by atoms with Crippen LogP contribution >= 0.6 is 11.3 Å². The maximum atomic E-state index is 13.1. The van der Waals surface area contributed by atoms with Gasteiger partial charge in [-0.3, -0.25) is 0 Å². The Kier molecular flexibility index (Phi) is 6.22. The highest BCUT2D eigenvalue weighted by molar-refractivity contribution is 7.89. The van der Waals surface area contributed by atoms with Crippen molar-refractivity contribution in [3.63, 3.8) is 0 Å². The predicted octanol–water partition coefficient (Wildman–Crippen LogP) is 3.82. The van der Waals surface area contributed by atoms with Gasteiger partial charge in [0.1, 0.15) is 0 Å². The van der Waals surface area contributed by atoms with Crippen molar-refractivity contribution in [3.8, 4) is 11.5 Å². The molecule has 164 valence electrons. The SMILES string of the molecule is C[C@H]1C[C@H](C)CN(S(=O)(=O)c2cccc(C(=O)OCc3noc(-c4ccsc4)n3)c2)C1. The Bertz CT molecular complexity index is 1150. The van der Waals surface area contributed by atoms with Gasteiger partial charge in [-0.25, -0.2) is 13.2 Å². The third-order valence-electron chi connectivity index (χ3n) is 5.11. The van der Waals surface area contributed by atoms with E-state index in [1.807, 2.05) is 30.7 Å². The summed E-state index contributed by atoms with van der Waals surface area (Å²) in [6.45, 7) is 4.88. The third kappa shape index (κ3) is 4.86. The molecule has 0 unspecified atom stereocenters. The van der Waals surface area contributed by atoms with E-state index in [2.05, 4.69) is 10.1 Å². The minimum atomic E-state index is -3.69. The molecular weight excluding hydrogens is 438 g/mol. The number of benzene rings is 1. The lowest BCUT2D eigenvalue weighted by molar-refractivity contribution is 0.0459. The molecule has 1 aliphatic rings. The van der Waals surface area contributed by atoms with E-state index in [1.54, 1.807) is 6.07 Å². The zero-order valence-electron chi connectivity index (χ0n) is 17.2. The van der Waals surface area contributed by atoms with Crippen LogP contribution in [0.15, 0.2) is 50.5 Å². The van der Waals surface area contributed by atoms with Gasteiger partial charge in [0, 0.05) is 18.5 Å². The molecule has 1 aromatic carbocycles. The number of carbonyl (C=O) groups is 1. The summed E-state index contributed by atoms with van der Waals surface area (Å²) in [5.41, 5.74) is 0.954. The van der Waals surface area contributed by atoms with Gasteiger partial charge in [0.2, 0.25) is 15.8 Å². The summed E-state index contributed by atoms with van der Waals surface area (Å²) in [7, 11) is -3.69. The fourth-order valence-corrected chi connectivity index (χ4v) is 6.12. The van der Waals surface area contributed by atoms with Crippen LogP contribution in [0.1, 0.15) is 36.5 Å². The fraction of sp³-hybridized carbons (Fsp3) is 0.381. The number of ether oxygens (including phenoxy) is 1. The molecule has 0 N–H and O–H groups in total. The zero-order valence-corrected chi connectivity index (χ0v) is 18.9. The highest BCUT2D eigenvalue weighted by Gasteiger charge is 2.32. The molecule has 1 aliphatic heterocycles. The van der Waals surface area contributed by atoms with Gasteiger partial charge >= 0.3 is 5.97 Å². The number of carbonyl (C=O) groups excluding carboxylic acids is 1. The minimum absolute atomic E-state index is 0.0857. The number of thiophene rings is 1. The Balaban J connectivity index is 1.44. The van der Waals surface area contributed by atoms with E-state index in [0.717, 1.165) is 12.0 Å². The first-order valence-corrected chi connectivity index (χ1v) is 12.3. The Hall–Kier alpha value is -2.56. The molecule has 1 fully saturated rings. The maximum Gasteiger partial charge on any atom is 0.338 e.